The topological polar surface area (TPSA) is 47.1 Å². The Morgan fingerprint density at radius 3 is 2.78 bits per heavy atom. The van der Waals surface area contributed by atoms with E-state index in [1.165, 1.54) is 25.0 Å². The zero-order chi connectivity index (χ0) is 12.7. The Kier molecular flexibility index (Phi) is 3.16. The predicted molar refractivity (Wildman–Crippen MR) is 72.3 cm³/mol. The molecule has 4 heteroatoms. The lowest BCUT2D eigenvalue weighted by Gasteiger charge is -2.42. The van der Waals surface area contributed by atoms with Gasteiger partial charge in [0.25, 0.3) is 0 Å². The second-order valence-electron chi connectivity index (χ2n) is 6.04. The molecule has 100 valence electrons. The SMILES string of the molecule is CC(C)N1CCCC(N)C1c1cncn1C1CC1. The second-order valence-corrected chi connectivity index (χ2v) is 6.04. The number of nitrogens with zero attached hydrogens (tertiary/aromatic N) is 3. The summed E-state index contributed by atoms with van der Waals surface area (Å²) >= 11 is 0. The number of hydrogen-bond donors (Lipinski definition) is 1. The third-order valence-electron chi connectivity index (χ3n) is 4.32. The molecule has 2 unspecified atom stereocenters. The Labute approximate surface area is 109 Å². The highest BCUT2D eigenvalue weighted by molar-refractivity contribution is 5.13. The van der Waals surface area contributed by atoms with Gasteiger partial charge in [-0.3, -0.25) is 4.90 Å². The quantitative estimate of drug-likeness (QED) is 0.891. The standard InChI is InChI=1S/C14H24N4/c1-10(2)17-7-3-4-12(15)14(17)13-8-16-9-18(13)11-5-6-11/h8-12,14H,3-7,15H2,1-2H3. The van der Waals surface area contributed by atoms with E-state index >= 15 is 0 Å². The highest BCUT2D eigenvalue weighted by atomic mass is 15.2. The van der Waals surface area contributed by atoms with Crippen LogP contribution in [0.25, 0.3) is 0 Å². The molecule has 0 spiro atoms. The molecule has 0 aromatic carbocycles. The van der Waals surface area contributed by atoms with Crippen molar-refractivity contribution in [1.82, 2.24) is 14.5 Å². The molecule has 2 fully saturated rings. The van der Waals surface area contributed by atoms with Gasteiger partial charge >= 0.3 is 0 Å². The lowest BCUT2D eigenvalue weighted by molar-refractivity contribution is 0.0894. The molecule has 1 saturated heterocycles. The van der Waals surface area contributed by atoms with Crippen molar-refractivity contribution in [1.29, 1.82) is 0 Å². The maximum Gasteiger partial charge on any atom is 0.0951 e. The largest absolute Gasteiger partial charge is 0.330 e. The minimum absolute atomic E-state index is 0.246. The molecular formula is C14H24N4. The third-order valence-corrected chi connectivity index (χ3v) is 4.32. The maximum absolute atomic E-state index is 6.41. The van der Waals surface area contributed by atoms with E-state index in [0.717, 1.165) is 13.0 Å². The molecule has 1 aromatic rings. The summed E-state index contributed by atoms with van der Waals surface area (Å²) in [5.74, 6) is 0. The van der Waals surface area contributed by atoms with E-state index < -0.39 is 0 Å². The summed E-state index contributed by atoms with van der Waals surface area (Å²) in [5.41, 5.74) is 7.74. The van der Waals surface area contributed by atoms with Crippen LogP contribution in [0.15, 0.2) is 12.5 Å². The summed E-state index contributed by atoms with van der Waals surface area (Å²) in [5, 5.41) is 0. The third kappa shape index (κ3) is 2.08. The van der Waals surface area contributed by atoms with Crippen LogP contribution < -0.4 is 5.73 Å². The molecule has 4 nitrogen and oxygen atoms in total. The number of hydrogen-bond acceptors (Lipinski definition) is 3. The Bertz CT molecular complexity index is 408. The highest BCUT2D eigenvalue weighted by Gasteiger charge is 2.36. The normalized spacial score (nSPS) is 30.0. The van der Waals surface area contributed by atoms with Crippen molar-refractivity contribution in [2.45, 2.75) is 63.7 Å². The van der Waals surface area contributed by atoms with Crippen LogP contribution >= 0.6 is 0 Å². The molecule has 1 aromatic heterocycles. The minimum atomic E-state index is 0.246. The number of imidazole rings is 1. The average molecular weight is 248 g/mol. The Hall–Kier alpha value is -0.870. The molecule has 2 N–H and O–H groups in total. The van der Waals surface area contributed by atoms with Crippen LogP contribution in [0.2, 0.25) is 0 Å². The van der Waals surface area contributed by atoms with Gasteiger partial charge in [-0.05, 0) is 46.1 Å². The number of nitrogens with two attached hydrogens (primary N) is 1. The fourth-order valence-corrected chi connectivity index (χ4v) is 3.22. The maximum atomic E-state index is 6.41. The van der Waals surface area contributed by atoms with Crippen molar-refractivity contribution in [2.75, 3.05) is 6.54 Å². The number of aromatic nitrogens is 2. The summed E-state index contributed by atoms with van der Waals surface area (Å²) in [7, 11) is 0. The van der Waals surface area contributed by atoms with E-state index in [4.69, 9.17) is 5.73 Å². The van der Waals surface area contributed by atoms with Gasteiger partial charge in [0.15, 0.2) is 0 Å². The van der Waals surface area contributed by atoms with Gasteiger partial charge in [0.05, 0.1) is 18.1 Å². The van der Waals surface area contributed by atoms with Crippen LogP contribution in [0.1, 0.15) is 57.3 Å². The van der Waals surface area contributed by atoms with Gasteiger partial charge in [0, 0.05) is 24.3 Å². The summed E-state index contributed by atoms with van der Waals surface area (Å²) in [6.45, 7) is 5.69. The zero-order valence-electron chi connectivity index (χ0n) is 11.4. The lowest BCUT2D eigenvalue weighted by Crippen LogP contribution is -2.49. The van der Waals surface area contributed by atoms with Crippen LogP contribution in [0, 0.1) is 0 Å². The monoisotopic (exact) mass is 248 g/mol. The Morgan fingerprint density at radius 2 is 2.11 bits per heavy atom. The Balaban J connectivity index is 1.92. The molecule has 2 aliphatic rings. The van der Waals surface area contributed by atoms with Gasteiger partial charge in [0.1, 0.15) is 0 Å². The minimum Gasteiger partial charge on any atom is -0.330 e. The van der Waals surface area contributed by atoms with E-state index in [9.17, 15) is 0 Å². The smallest absolute Gasteiger partial charge is 0.0951 e. The van der Waals surface area contributed by atoms with Gasteiger partial charge < -0.3 is 10.3 Å². The van der Waals surface area contributed by atoms with Crippen LogP contribution in [-0.2, 0) is 0 Å². The molecule has 0 amide bonds. The van der Waals surface area contributed by atoms with Gasteiger partial charge in [-0.2, -0.15) is 0 Å². The van der Waals surface area contributed by atoms with Gasteiger partial charge in [-0.1, -0.05) is 0 Å². The van der Waals surface area contributed by atoms with Crippen LogP contribution in [0.4, 0.5) is 0 Å². The summed E-state index contributed by atoms with van der Waals surface area (Å²) in [6, 6.07) is 1.83. The molecule has 1 saturated carbocycles. The molecule has 3 rings (SSSR count). The van der Waals surface area contributed by atoms with E-state index in [2.05, 4.69) is 28.3 Å². The van der Waals surface area contributed by atoms with Crippen LogP contribution in [0.5, 0.6) is 0 Å². The molecule has 0 bridgehead atoms. The molecule has 18 heavy (non-hydrogen) atoms. The zero-order valence-corrected chi connectivity index (χ0v) is 11.4. The number of likely N-dealkylation sites (tertiary alicyclic amines) is 1. The van der Waals surface area contributed by atoms with Crippen LogP contribution in [0.3, 0.4) is 0 Å². The van der Waals surface area contributed by atoms with Gasteiger partial charge in [-0.15, -0.1) is 0 Å². The molecule has 2 atom stereocenters. The van der Waals surface area contributed by atoms with Crippen molar-refractivity contribution in [3.63, 3.8) is 0 Å². The lowest BCUT2D eigenvalue weighted by atomic mass is 9.93. The van der Waals surface area contributed by atoms with Gasteiger partial charge in [0.2, 0.25) is 0 Å². The molecular weight excluding hydrogens is 224 g/mol. The van der Waals surface area contributed by atoms with Crippen molar-refractivity contribution < 1.29 is 0 Å². The molecule has 1 aliphatic heterocycles. The van der Waals surface area contributed by atoms with E-state index in [0.29, 0.717) is 18.1 Å². The first-order valence-corrected chi connectivity index (χ1v) is 7.21. The van der Waals surface area contributed by atoms with Gasteiger partial charge in [-0.25, -0.2) is 4.98 Å². The summed E-state index contributed by atoms with van der Waals surface area (Å²) < 4.78 is 2.37. The first kappa shape index (κ1) is 12.2. The second kappa shape index (κ2) is 4.67. The predicted octanol–water partition coefficient (Wildman–Crippen LogP) is 2.09. The van der Waals surface area contributed by atoms with Crippen molar-refractivity contribution in [3.05, 3.63) is 18.2 Å². The first-order chi connectivity index (χ1) is 8.68. The number of piperidine rings is 1. The first-order valence-electron chi connectivity index (χ1n) is 7.21. The molecule has 0 radical (unpaired) electrons. The van der Waals surface area contributed by atoms with Crippen molar-refractivity contribution in [2.24, 2.45) is 5.73 Å². The van der Waals surface area contributed by atoms with Crippen molar-refractivity contribution in [3.8, 4) is 0 Å². The number of rotatable bonds is 3. The molecule has 1 aliphatic carbocycles. The summed E-state index contributed by atoms with van der Waals surface area (Å²) in [4.78, 5) is 6.91. The molecule has 2 heterocycles. The Morgan fingerprint density at radius 1 is 1.33 bits per heavy atom. The van der Waals surface area contributed by atoms with E-state index in [1.807, 2.05) is 12.5 Å². The van der Waals surface area contributed by atoms with E-state index in [1.54, 1.807) is 0 Å². The fourth-order valence-electron chi connectivity index (χ4n) is 3.22. The average Bonchev–Trinajstić information content (AvgIpc) is 3.07. The summed E-state index contributed by atoms with van der Waals surface area (Å²) in [6.07, 6.45) is 8.97. The van der Waals surface area contributed by atoms with Crippen molar-refractivity contribution >= 4 is 0 Å². The van der Waals surface area contributed by atoms with Crippen LogP contribution in [-0.4, -0.2) is 33.1 Å². The highest BCUT2D eigenvalue weighted by Crippen LogP contribution is 2.40. The fraction of sp³-hybridized carbons (Fsp3) is 0.786. The van der Waals surface area contributed by atoms with E-state index in [-0.39, 0.29) is 6.04 Å².